The summed E-state index contributed by atoms with van der Waals surface area (Å²) in [4.78, 5) is 0. The molecule has 0 aromatic heterocycles. The van der Waals surface area contributed by atoms with Crippen LogP contribution in [0.1, 0.15) is 18.9 Å². The van der Waals surface area contributed by atoms with Crippen LogP contribution < -0.4 is 4.74 Å². The van der Waals surface area contributed by atoms with Crippen LogP contribution >= 0.6 is 22.6 Å². The van der Waals surface area contributed by atoms with Crippen molar-refractivity contribution in [3.8, 4) is 5.75 Å². The highest BCUT2D eigenvalue weighted by Crippen LogP contribution is 2.39. The Morgan fingerprint density at radius 1 is 1.62 bits per heavy atom. The zero-order valence-corrected chi connectivity index (χ0v) is 9.54. The third-order valence-corrected chi connectivity index (χ3v) is 3.17. The Hall–Kier alpha value is -0.290. The molecule has 1 aliphatic rings. The van der Waals surface area contributed by atoms with E-state index in [-0.39, 0.29) is 0 Å². The van der Waals surface area contributed by atoms with Gasteiger partial charge < -0.3 is 9.84 Å². The Morgan fingerprint density at radius 3 is 3.08 bits per heavy atom. The summed E-state index contributed by atoms with van der Waals surface area (Å²) in [5.74, 6) is 0.824. The molecule has 0 saturated carbocycles. The third-order valence-electron chi connectivity index (χ3n) is 2.49. The summed E-state index contributed by atoms with van der Waals surface area (Å²) in [5, 5.41) is 10.1. The van der Waals surface area contributed by atoms with Gasteiger partial charge in [-0.15, -0.1) is 0 Å². The molecule has 1 N–H and O–H groups in total. The molecule has 0 amide bonds. The Morgan fingerprint density at radius 2 is 2.38 bits per heavy atom. The van der Waals surface area contributed by atoms with Gasteiger partial charge in [0.2, 0.25) is 0 Å². The van der Waals surface area contributed by atoms with Crippen molar-refractivity contribution in [2.75, 3.05) is 6.61 Å². The smallest absolute Gasteiger partial charge is 0.127 e. The lowest BCUT2D eigenvalue weighted by Crippen LogP contribution is -2.26. The van der Waals surface area contributed by atoms with Crippen molar-refractivity contribution in [3.63, 3.8) is 0 Å². The Kier molecular flexibility index (Phi) is 2.23. The highest BCUT2D eigenvalue weighted by molar-refractivity contribution is 14.1. The summed E-state index contributed by atoms with van der Waals surface area (Å²) < 4.78 is 6.54. The van der Waals surface area contributed by atoms with E-state index in [1.54, 1.807) is 0 Å². The summed E-state index contributed by atoms with van der Waals surface area (Å²) in [7, 11) is 0. The standard InChI is InChI=1S/C10H11IO2/c1-2-10(12)6-13-9-4-3-7(11)5-8(9)10/h3-5,12H,2,6H2,1H3. The van der Waals surface area contributed by atoms with Gasteiger partial charge in [0.1, 0.15) is 18.0 Å². The van der Waals surface area contributed by atoms with E-state index in [0.29, 0.717) is 13.0 Å². The van der Waals surface area contributed by atoms with Crippen molar-refractivity contribution in [2.24, 2.45) is 0 Å². The summed E-state index contributed by atoms with van der Waals surface area (Å²) >= 11 is 2.24. The molecule has 1 unspecified atom stereocenters. The Bertz CT molecular complexity index is 338. The molecule has 3 heteroatoms. The number of hydrogen-bond donors (Lipinski definition) is 1. The first-order valence-corrected chi connectivity index (χ1v) is 5.39. The van der Waals surface area contributed by atoms with Crippen molar-refractivity contribution < 1.29 is 9.84 Å². The van der Waals surface area contributed by atoms with Crippen LogP contribution in [0.4, 0.5) is 0 Å². The first-order valence-electron chi connectivity index (χ1n) is 4.31. The lowest BCUT2D eigenvalue weighted by Gasteiger charge is -2.18. The fraction of sp³-hybridized carbons (Fsp3) is 0.400. The van der Waals surface area contributed by atoms with Crippen LogP contribution in [0.3, 0.4) is 0 Å². The molecular formula is C10H11IO2. The van der Waals surface area contributed by atoms with Crippen molar-refractivity contribution in [1.29, 1.82) is 0 Å². The van der Waals surface area contributed by atoms with Gasteiger partial charge in [-0.2, -0.15) is 0 Å². The second-order valence-corrected chi connectivity index (χ2v) is 4.56. The van der Waals surface area contributed by atoms with Gasteiger partial charge in [0.25, 0.3) is 0 Å². The lowest BCUT2D eigenvalue weighted by atomic mass is 9.94. The average molecular weight is 290 g/mol. The molecule has 0 saturated heterocycles. The van der Waals surface area contributed by atoms with Gasteiger partial charge in [-0.05, 0) is 47.2 Å². The van der Waals surface area contributed by atoms with E-state index in [1.807, 2.05) is 25.1 Å². The average Bonchev–Trinajstić information content (AvgIpc) is 2.45. The number of hydrogen-bond acceptors (Lipinski definition) is 2. The van der Waals surface area contributed by atoms with Gasteiger partial charge in [0.05, 0.1) is 0 Å². The predicted octanol–water partition coefficient (Wildman–Crippen LogP) is 2.28. The number of ether oxygens (including phenoxy) is 1. The van der Waals surface area contributed by atoms with Gasteiger partial charge >= 0.3 is 0 Å². The van der Waals surface area contributed by atoms with Gasteiger partial charge in [-0.25, -0.2) is 0 Å². The number of benzene rings is 1. The van der Waals surface area contributed by atoms with Crippen LogP contribution in [-0.2, 0) is 5.60 Å². The maximum absolute atomic E-state index is 10.1. The van der Waals surface area contributed by atoms with Gasteiger partial charge in [-0.1, -0.05) is 6.92 Å². The van der Waals surface area contributed by atoms with Crippen LogP contribution in [0.2, 0.25) is 0 Å². The number of aliphatic hydroxyl groups is 1. The van der Waals surface area contributed by atoms with E-state index in [0.717, 1.165) is 14.9 Å². The Balaban J connectivity index is 2.52. The van der Waals surface area contributed by atoms with Crippen LogP contribution in [0.25, 0.3) is 0 Å². The molecule has 0 radical (unpaired) electrons. The molecule has 0 bridgehead atoms. The molecule has 70 valence electrons. The molecule has 2 nitrogen and oxygen atoms in total. The highest BCUT2D eigenvalue weighted by atomic mass is 127. The topological polar surface area (TPSA) is 29.5 Å². The molecule has 1 aliphatic heterocycles. The van der Waals surface area contributed by atoms with Crippen LogP contribution in [0, 0.1) is 3.57 Å². The van der Waals surface area contributed by atoms with Crippen LogP contribution in [0.15, 0.2) is 18.2 Å². The molecule has 1 aromatic rings. The molecule has 1 aromatic carbocycles. The maximum Gasteiger partial charge on any atom is 0.127 e. The fourth-order valence-electron chi connectivity index (χ4n) is 1.56. The van der Waals surface area contributed by atoms with E-state index in [9.17, 15) is 5.11 Å². The summed E-state index contributed by atoms with van der Waals surface area (Å²) in [5.41, 5.74) is 0.165. The van der Waals surface area contributed by atoms with Crippen molar-refractivity contribution >= 4 is 22.6 Å². The molecule has 2 rings (SSSR count). The summed E-state index contributed by atoms with van der Waals surface area (Å²) in [6.07, 6.45) is 0.695. The monoisotopic (exact) mass is 290 g/mol. The van der Waals surface area contributed by atoms with E-state index < -0.39 is 5.60 Å². The Labute approximate surface area is 91.1 Å². The summed E-state index contributed by atoms with van der Waals surface area (Å²) in [6, 6.07) is 5.90. The minimum absolute atomic E-state index is 0.388. The van der Waals surface area contributed by atoms with E-state index in [4.69, 9.17) is 4.74 Å². The van der Waals surface area contributed by atoms with Crippen molar-refractivity contribution in [3.05, 3.63) is 27.3 Å². The largest absolute Gasteiger partial charge is 0.490 e. The molecule has 0 spiro atoms. The van der Waals surface area contributed by atoms with Crippen LogP contribution in [0.5, 0.6) is 5.75 Å². The minimum atomic E-state index is -0.767. The quantitative estimate of drug-likeness (QED) is 0.804. The van der Waals surface area contributed by atoms with Gasteiger partial charge in [0.15, 0.2) is 0 Å². The van der Waals surface area contributed by atoms with Gasteiger partial charge in [0, 0.05) is 9.13 Å². The molecule has 1 heterocycles. The molecule has 1 atom stereocenters. The highest BCUT2D eigenvalue weighted by Gasteiger charge is 2.36. The zero-order valence-electron chi connectivity index (χ0n) is 7.38. The molecule has 0 fully saturated rings. The van der Waals surface area contributed by atoms with Crippen molar-refractivity contribution in [2.45, 2.75) is 18.9 Å². The maximum atomic E-state index is 10.1. The number of fused-ring (bicyclic) bond motifs is 1. The van der Waals surface area contributed by atoms with E-state index in [2.05, 4.69) is 22.6 Å². The fourth-order valence-corrected chi connectivity index (χ4v) is 2.05. The molecule has 0 aliphatic carbocycles. The van der Waals surface area contributed by atoms with Gasteiger partial charge in [-0.3, -0.25) is 0 Å². The van der Waals surface area contributed by atoms with Crippen molar-refractivity contribution in [1.82, 2.24) is 0 Å². The van der Waals surface area contributed by atoms with Crippen LogP contribution in [-0.4, -0.2) is 11.7 Å². The molecule has 13 heavy (non-hydrogen) atoms. The lowest BCUT2D eigenvalue weighted by molar-refractivity contribution is 0.0129. The zero-order chi connectivity index (χ0) is 9.47. The second-order valence-electron chi connectivity index (χ2n) is 3.31. The molecular weight excluding hydrogens is 279 g/mol. The SMILES string of the molecule is CCC1(O)COc2ccc(I)cc21. The predicted molar refractivity (Wildman–Crippen MR) is 58.8 cm³/mol. The minimum Gasteiger partial charge on any atom is -0.490 e. The first-order chi connectivity index (χ1) is 6.15. The van der Waals surface area contributed by atoms with E-state index in [1.165, 1.54) is 0 Å². The second kappa shape index (κ2) is 3.13. The summed E-state index contributed by atoms with van der Waals surface area (Å²) in [6.45, 7) is 2.36. The number of halogens is 1. The third kappa shape index (κ3) is 1.44. The normalized spacial score (nSPS) is 25.5. The number of rotatable bonds is 1. The van der Waals surface area contributed by atoms with E-state index >= 15 is 0 Å². The first kappa shape index (κ1) is 9.27.